The third-order valence-corrected chi connectivity index (χ3v) is 9.21. The van der Waals surface area contributed by atoms with Crippen LogP contribution in [-0.2, 0) is 24.2 Å². The second kappa shape index (κ2) is 13.7. The predicted molar refractivity (Wildman–Crippen MR) is 172 cm³/mol. The smallest absolute Gasteiger partial charge is 0.288 e. The van der Waals surface area contributed by atoms with E-state index in [4.69, 9.17) is 0 Å². The average Bonchev–Trinajstić information content (AvgIpc) is 3.43. The number of nitrogens with zero attached hydrogens (tertiary/aromatic N) is 4. The van der Waals surface area contributed by atoms with Crippen LogP contribution in [0.15, 0.2) is 102 Å². The standard InChI is InChI=1S/C35H30F2N4O4S/c36-25-15-16-27(30(37)19-25)24-13-10-22(11-14-24)12-17-32(42)29(20-40-33(43)28-8-4-5-9-31(28)38-39-40)34(44)41-26(21-46-35(41)45)18-23-6-2-1-3-7-23/h1-11,13-16,19,26,29,32,42H,12,17-18,20-21H2/t26-,29+,32-/m0/s1. The molecule has 4 aromatic carbocycles. The average molecular weight is 641 g/mol. The number of thioether (sulfide) groups is 1. The van der Waals surface area contributed by atoms with E-state index in [0.29, 0.717) is 35.1 Å². The van der Waals surface area contributed by atoms with Crippen molar-refractivity contribution in [3.05, 3.63) is 130 Å². The molecular formula is C35H30F2N4O4S. The molecule has 5 aromatic rings. The summed E-state index contributed by atoms with van der Waals surface area (Å²) in [6, 6.07) is 26.2. The van der Waals surface area contributed by atoms with Crippen LogP contribution in [0.25, 0.3) is 22.0 Å². The number of carbonyl (C=O) groups is 2. The van der Waals surface area contributed by atoms with Gasteiger partial charge >= 0.3 is 0 Å². The Morgan fingerprint density at radius 3 is 2.43 bits per heavy atom. The van der Waals surface area contributed by atoms with Crippen molar-refractivity contribution in [1.29, 1.82) is 0 Å². The summed E-state index contributed by atoms with van der Waals surface area (Å²) in [5.74, 6) is -2.65. The fourth-order valence-corrected chi connectivity index (χ4v) is 6.71. The van der Waals surface area contributed by atoms with Gasteiger partial charge in [-0.2, -0.15) is 0 Å². The van der Waals surface area contributed by atoms with Crippen LogP contribution in [0, 0.1) is 17.6 Å². The molecule has 234 valence electrons. The van der Waals surface area contributed by atoms with E-state index in [0.717, 1.165) is 33.6 Å². The van der Waals surface area contributed by atoms with Crippen molar-refractivity contribution in [2.24, 2.45) is 5.92 Å². The lowest BCUT2D eigenvalue weighted by Gasteiger charge is -2.29. The first-order valence-electron chi connectivity index (χ1n) is 14.9. The first-order chi connectivity index (χ1) is 22.3. The van der Waals surface area contributed by atoms with E-state index in [-0.39, 0.29) is 18.5 Å². The number of amides is 2. The van der Waals surface area contributed by atoms with Gasteiger partial charge in [-0.25, -0.2) is 13.5 Å². The number of aliphatic hydroxyl groups is 1. The lowest BCUT2D eigenvalue weighted by atomic mass is 9.93. The van der Waals surface area contributed by atoms with E-state index >= 15 is 0 Å². The molecule has 0 radical (unpaired) electrons. The Balaban J connectivity index is 1.25. The first-order valence-corrected chi connectivity index (χ1v) is 15.9. The maximum absolute atomic E-state index is 14.3. The summed E-state index contributed by atoms with van der Waals surface area (Å²) in [5.41, 5.74) is 2.57. The molecule has 0 bridgehead atoms. The largest absolute Gasteiger partial charge is 0.392 e. The molecule has 1 N–H and O–H groups in total. The fourth-order valence-electron chi connectivity index (χ4n) is 5.73. The molecule has 6 rings (SSSR count). The Kier molecular flexibility index (Phi) is 9.32. The van der Waals surface area contributed by atoms with Crippen molar-refractivity contribution in [2.45, 2.75) is 38.0 Å². The normalized spacial score (nSPS) is 16.1. The number of imide groups is 1. The minimum Gasteiger partial charge on any atom is -0.392 e. The SMILES string of the molecule is O=C1SC[C@H](Cc2ccccc2)N1C(=O)[C@H](Cn1nnc2ccccc2c1=O)[C@@H](O)CCc1ccc(-c2ccc(F)cc2F)cc1. The molecule has 46 heavy (non-hydrogen) atoms. The Labute approximate surface area is 267 Å². The highest BCUT2D eigenvalue weighted by molar-refractivity contribution is 8.14. The van der Waals surface area contributed by atoms with Crippen molar-refractivity contribution < 1.29 is 23.5 Å². The molecule has 2 amide bonds. The highest BCUT2D eigenvalue weighted by Crippen LogP contribution is 2.30. The van der Waals surface area contributed by atoms with Crippen LogP contribution in [0.1, 0.15) is 17.5 Å². The van der Waals surface area contributed by atoms with Crippen LogP contribution in [0.4, 0.5) is 13.6 Å². The third kappa shape index (κ3) is 6.75. The van der Waals surface area contributed by atoms with Gasteiger partial charge in [0.05, 0.1) is 30.0 Å². The maximum Gasteiger partial charge on any atom is 0.288 e. The van der Waals surface area contributed by atoms with E-state index in [9.17, 15) is 28.3 Å². The Morgan fingerprint density at radius 1 is 0.935 bits per heavy atom. The number of aromatic nitrogens is 3. The van der Waals surface area contributed by atoms with Crippen LogP contribution in [0.2, 0.25) is 0 Å². The Morgan fingerprint density at radius 2 is 1.67 bits per heavy atom. The minimum atomic E-state index is -1.24. The Hall–Kier alpha value is -4.74. The van der Waals surface area contributed by atoms with Crippen LogP contribution in [0.5, 0.6) is 0 Å². The molecule has 0 saturated carbocycles. The number of aryl methyl sites for hydroxylation is 1. The lowest BCUT2D eigenvalue weighted by molar-refractivity contribution is -0.138. The van der Waals surface area contributed by atoms with Crippen LogP contribution < -0.4 is 5.56 Å². The summed E-state index contributed by atoms with van der Waals surface area (Å²) >= 11 is 1.05. The van der Waals surface area contributed by atoms with Gasteiger partial charge in [-0.3, -0.25) is 19.3 Å². The number of hydrogen-bond acceptors (Lipinski definition) is 7. The molecule has 3 atom stereocenters. The van der Waals surface area contributed by atoms with Gasteiger partial charge in [0, 0.05) is 17.4 Å². The van der Waals surface area contributed by atoms with Crippen molar-refractivity contribution >= 4 is 33.8 Å². The first kappa shape index (κ1) is 31.3. The fraction of sp³-hybridized carbons (Fsp3) is 0.229. The van der Waals surface area contributed by atoms with E-state index < -0.39 is 46.4 Å². The number of carbonyl (C=O) groups excluding carboxylic acids is 2. The number of fused-ring (bicyclic) bond motifs is 1. The van der Waals surface area contributed by atoms with Crippen molar-refractivity contribution in [3.8, 4) is 11.1 Å². The molecule has 1 saturated heterocycles. The molecule has 0 aliphatic carbocycles. The summed E-state index contributed by atoms with van der Waals surface area (Å²) in [5, 5.41) is 19.6. The van der Waals surface area contributed by atoms with Gasteiger partial charge in [-0.15, -0.1) is 5.10 Å². The minimum absolute atomic E-state index is 0.134. The van der Waals surface area contributed by atoms with Gasteiger partial charge in [0.1, 0.15) is 17.2 Å². The monoisotopic (exact) mass is 640 g/mol. The summed E-state index contributed by atoms with van der Waals surface area (Å²) in [6.07, 6.45) is -0.288. The van der Waals surface area contributed by atoms with Gasteiger partial charge in [0.15, 0.2) is 0 Å². The molecule has 1 aliphatic rings. The van der Waals surface area contributed by atoms with Gasteiger partial charge in [-0.05, 0) is 60.2 Å². The zero-order valence-electron chi connectivity index (χ0n) is 24.6. The van der Waals surface area contributed by atoms with E-state index in [1.54, 1.807) is 48.5 Å². The molecule has 0 unspecified atom stereocenters. The molecule has 8 nitrogen and oxygen atoms in total. The molecule has 1 aromatic heterocycles. The third-order valence-electron chi connectivity index (χ3n) is 8.22. The predicted octanol–water partition coefficient (Wildman–Crippen LogP) is 5.65. The molecule has 1 aliphatic heterocycles. The molecule has 11 heteroatoms. The van der Waals surface area contributed by atoms with Gasteiger partial charge in [-0.1, -0.05) is 83.7 Å². The zero-order chi connectivity index (χ0) is 32.2. The van der Waals surface area contributed by atoms with Crippen molar-refractivity contribution in [2.75, 3.05) is 5.75 Å². The number of hydrogen-bond donors (Lipinski definition) is 1. The summed E-state index contributed by atoms with van der Waals surface area (Å²) in [6.45, 7) is -0.272. The maximum atomic E-state index is 14.3. The molecule has 0 spiro atoms. The van der Waals surface area contributed by atoms with Crippen molar-refractivity contribution in [3.63, 3.8) is 0 Å². The summed E-state index contributed by atoms with van der Waals surface area (Å²) in [7, 11) is 0. The summed E-state index contributed by atoms with van der Waals surface area (Å²) in [4.78, 5) is 41.7. The highest BCUT2D eigenvalue weighted by atomic mass is 32.2. The second-order valence-electron chi connectivity index (χ2n) is 11.3. The second-order valence-corrected chi connectivity index (χ2v) is 12.2. The van der Waals surface area contributed by atoms with Crippen molar-refractivity contribution in [1.82, 2.24) is 19.9 Å². The van der Waals surface area contributed by atoms with Crippen LogP contribution in [-0.4, -0.2) is 54.0 Å². The van der Waals surface area contributed by atoms with E-state index in [2.05, 4.69) is 10.3 Å². The quantitative estimate of drug-likeness (QED) is 0.210. The van der Waals surface area contributed by atoms with E-state index in [1.807, 2.05) is 30.3 Å². The highest BCUT2D eigenvalue weighted by Gasteiger charge is 2.42. The van der Waals surface area contributed by atoms with Crippen LogP contribution in [0.3, 0.4) is 0 Å². The van der Waals surface area contributed by atoms with E-state index in [1.165, 1.54) is 17.0 Å². The molecule has 2 heterocycles. The Bertz CT molecular complexity index is 1940. The number of halogens is 2. The molecular weight excluding hydrogens is 610 g/mol. The summed E-state index contributed by atoms with van der Waals surface area (Å²) < 4.78 is 28.7. The number of benzene rings is 4. The molecule has 1 fully saturated rings. The van der Waals surface area contributed by atoms with Crippen LogP contribution >= 0.6 is 11.8 Å². The number of aliphatic hydroxyl groups excluding tert-OH is 1. The lowest BCUT2D eigenvalue weighted by Crippen LogP contribution is -2.48. The number of rotatable bonds is 10. The van der Waals surface area contributed by atoms with Gasteiger partial charge < -0.3 is 5.11 Å². The zero-order valence-corrected chi connectivity index (χ0v) is 25.4. The van der Waals surface area contributed by atoms with Gasteiger partial charge in [0.25, 0.3) is 10.8 Å². The van der Waals surface area contributed by atoms with Gasteiger partial charge in [0.2, 0.25) is 5.91 Å². The topological polar surface area (TPSA) is 105 Å².